The zero-order valence-corrected chi connectivity index (χ0v) is 8.40. The van der Waals surface area contributed by atoms with Crippen LogP contribution in [-0.2, 0) is 4.79 Å². The van der Waals surface area contributed by atoms with Crippen molar-refractivity contribution in [2.45, 2.75) is 12.5 Å². The number of aromatic amines is 1. The molecule has 3 heterocycles. The fourth-order valence-electron chi connectivity index (χ4n) is 1.78. The molecule has 0 aliphatic carbocycles. The van der Waals surface area contributed by atoms with Crippen molar-refractivity contribution in [3.63, 3.8) is 0 Å². The SMILES string of the molecule is O=C1CC(Nc2ncnc3nc[nH]c23)CN1. The summed E-state index contributed by atoms with van der Waals surface area (Å²) in [6.07, 6.45) is 3.50. The number of fused-ring (bicyclic) bond motifs is 1. The Kier molecular flexibility index (Phi) is 1.95. The number of aromatic nitrogens is 4. The van der Waals surface area contributed by atoms with E-state index in [1.54, 1.807) is 6.33 Å². The Hall–Kier alpha value is -2.18. The van der Waals surface area contributed by atoms with Crippen LogP contribution in [0.15, 0.2) is 12.7 Å². The molecule has 1 aliphatic rings. The van der Waals surface area contributed by atoms with E-state index in [1.165, 1.54) is 6.33 Å². The highest BCUT2D eigenvalue weighted by atomic mass is 16.1. The second-order valence-corrected chi connectivity index (χ2v) is 3.67. The lowest BCUT2D eigenvalue weighted by molar-refractivity contribution is -0.119. The van der Waals surface area contributed by atoms with Crippen molar-refractivity contribution in [2.75, 3.05) is 11.9 Å². The molecule has 1 aliphatic heterocycles. The number of imidazole rings is 1. The number of nitrogens with zero attached hydrogens (tertiary/aromatic N) is 3. The van der Waals surface area contributed by atoms with Gasteiger partial charge in [0.05, 0.1) is 12.4 Å². The van der Waals surface area contributed by atoms with Crippen molar-refractivity contribution in [1.82, 2.24) is 25.3 Å². The van der Waals surface area contributed by atoms with Crippen LogP contribution in [0.4, 0.5) is 5.82 Å². The lowest BCUT2D eigenvalue weighted by Gasteiger charge is -2.10. The van der Waals surface area contributed by atoms with Gasteiger partial charge in [-0.3, -0.25) is 4.79 Å². The van der Waals surface area contributed by atoms with Crippen LogP contribution in [-0.4, -0.2) is 38.4 Å². The van der Waals surface area contributed by atoms with Crippen LogP contribution in [0.2, 0.25) is 0 Å². The Balaban J connectivity index is 1.88. The minimum atomic E-state index is 0.0624. The molecule has 0 radical (unpaired) electrons. The molecule has 1 unspecified atom stereocenters. The molecule has 1 amide bonds. The molecule has 2 aromatic rings. The summed E-state index contributed by atoms with van der Waals surface area (Å²) in [6, 6.07) is 0.0777. The second kappa shape index (κ2) is 3.44. The molecule has 0 saturated carbocycles. The first-order valence-corrected chi connectivity index (χ1v) is 5.00. The van der Waals surface area contributed by atoms with Gasteiger partial charge in [-0.05, 0) is 0 Å². The summed E-state index contributed by atoms with van der Waals surface area (Å²) in [5.41, 5.74) is 1.39. The molecule has 16 heavy (non-hydrogen) atoms. The third kappa shape index (κ3) is 1.46. The number of carbonyl (C=O) groups is 1. The lowest BCUT2D eigenvalue weighted by atomic mass is 10.2. The smallest absolute Gasteiger partial charge is 0.222 e. The summed E-state index contributed by atoms with van der Waals surface area (Å²) in [7, 11) is 0. The van der Waals surface area contributed by atoms with Gasteiger partial charge in [0.2, 0.25) is 5.91 Å². The Labute approximate surface area is 90.7 Å². The largest absolute Gasteiger partial charge is 0.363 e. The molecule has 3 rings (SSSR count). The molecule has 1 fully saturated rings. The summed E-state index contributed by atoms with van der Waals surface area (Å²) < 4.78 is 0. The van der Waals surface area contributed by atoms with Gasteiger partial charge in [0.15, 0.2) is 11.5 Å². The van der Waals surface area contributed by atoms with Crippen molar-refractivity contribution < 1.29 is 4.79 Å². The van der Waals surface area contributed by atoms with E-state index in [1.807, 2.05) is 0 Å². The van der Waals surface area contributed by atoms with Crippen LogP contribution in [0, 0.1) is 0 Å². The Morgan fingerprint density at radius 2 is 2.31 bits per heavy atom. The molecule has 0 spiro atoms. The number of hydrogen-bond donors (Lipinski definition) is 3. The number of H-pyrrole nitrogens is 1. The maximum atomic E-state index is 11.1. The Morgan fingerprint density at radius 3 is 3.12 bits per heavy atom. The first-order chi connectivity index (χ1) is 7.83. The fourth-order valence-corrected chi connectivity index (χ4v) is 1.78. The van der Waals surface area contributed by atoms with Gasteiger partial charge >= 0.3 is 0 Å². The zero-order valence-electron chi connectivity index (χ0n) is 8.40. The van der Waals surface area contributed by atoms with Gasteiger partial charge in [0, 0.05) is 13.0 Å². The molecule has 1 atom stereocenters. The quantitative estimate of drug-likeness (QED) is 0.640. The number of nitrogens with one attached hydrogen (secondary N) is 3. The van der Waals surface area contributed by atoms with Gasteiger partial charge in [0.1, 0.15) is 11.8 Å². The molecule has 0 aromatic carbocycles. The van der Waals surface area contributed by atoms with E-state index >= 15 is 0 Å². The minimum Gasteiger partial charge on any atom is -0.363 e. The molecule has 82 valence electrons. The van der Waals surface area contributed by atoms with Crippen LogP contribution in [0.1, 0.15) is 6.42 Å². The van der Waals surface area contributed by atoms with Crippen LogP contribution < -0.4 is 10.6 Å². The number of anilines is 1. The lowest BCUT2D eigenvalue weighted by Crippen LogP contribution is -2.23. The molecule has 1 saturated heterocycles. The van der Waals surface area contributed by atoms with Crippen molar-refractivity contribution >= 4 is 22.9 Å². The number of carbonyl (C=O) groups excluding carboxylic acids is 1. The van der Waals surface area contributed by atoms with Crippen LogP contribution in [0.25, 0.3) is 11.2 Å². The first kappa shape index (κ1) is 9.08. The maximum Gasteiger partial charge on any atom is 0.222 e. The van der Waals surface area contributed by atoms with Crippen molar-refractivity contribution in [2.24, 2.45) is 0 Å². The molecule has 2 aromatic heterocycles. The monoisotopic (exact) mass is 218 g/mol. The van der Waals surface area contributed by atoms with E-state index in [0.717, 1.165) is 5.52 Å². The molecule has 3 N–H and O–H groups in total. The van der Waals surface area contributed by atoms with E-state index in [0.29, 0.717) is 24.4 Å². The normalized spacial score (nSPS) is 20.0. The van der Waals surface area contributed by atoms with Crippen LogP contribution in [0.3, 0.4) is 0 Å². The summed E-state index contributed by atoms with van der Waals surface area (Å²) in [5, 5.41) is 5.96. The van der Waals surface area contributed by atoms with E-state index in [2.05, 4.69) is 30.6 Å². The molecular formula is C9H10N6O. The minimum absolute atomic E-state index is 0.0624. The van der Waals surface area contributed by atoms with E-state index in [-0.39, 0.29) is 11.9 Å². The summed E-state index contributed by atoms with van der Waals surface area (Å²) in [6.45, 7) is 0.623. The fraction of sp³-hybridized carbons (Fsp3) is 0.333. The predicted octanol–water partition coefficient (Wildman–Crippen LogP) is -0.347. The van der Waals surface area contributed by atoms with E-state index in [4.69, 9.17) is 0 Å². The third-order valence-corrected chi connectivity index (χ3v) is 2.54. The van der Waals surface area contributed by atoms with E-state index < -0.39 is 0 Å². The Morgan fingerprint density at radius 1 is 1.38 bits per heavy atom. The van der Waals surface area contributed by atoms with Crippen LogP contribution >= 0.6 is 0 Å². The summed E-state index contributed by atoms with van der Waals surface area (Å²) in [5.74, 6) is 0.747. The topological polar surface area (TPSA) is 95.6 Å². The second-order valence-electron chi connectivity index (χ2n) is 3.67. The molecule has 0 bridgehead atoms. The van der Waals surface area contributed by atoms with E-state index in [9.17, 15) is 4.79 Å². The molecule has 7 heteroatoms. The van der Waals surface area contributed by atoms with Gasteiger partial charge in [-0.2, -0.15) is 0 Å². The van der Waals surface area contributed by atoms with Crippen molar-refractivity contribution in [3.05, 3.63) is 12.7 Å². The summed E-state index contributed by atoms with van der Waals surface area (Å²) >= 11 is 0. The van der Waals surface area contributed by atoms with Crippen molar-refractivity contribution in [3.8, 4) is 0 Å². The average Bonchev–Trinajstić information content (AvgIpc) is 2.87. The van der Waals surface area contributed by atoms with Gasteiger partial charge in [-0.25, -0.2) is 15.0 Å². The van der Waals surface area contributed by atoms with Gasteiger partial charge < -0.3 is 15.6 Å². The highest BCUT2D eigenvalue weighted by molar-refractivity contribution is 5.84. The predicted molar refractivity (Wildman–Crippen MR) is 56.7 cm³/mol. The number of hydrogen-bond acceptors (Lipinski definition) is 5. The summed E-state index contributed by atoms with van der Waals surface area (Å²) in [4.78, 5) is 26.2. The van der Waals surface area contributed by atoms with Gasteiger partial charge in [-0.15, -0.1) is 0 Å². The van der Waals surface area contributed by atoms with Crippen molar-refractivity contribution in [1.29, 1.82) is 0 Å². The maximum absolute atomic E-state index is 11.1. The average molecular weight is 218 g/mol. The van der Waals surface area contributed by atoms with Gasteiger partial charge in [0.25, 0.3) is 0 Å². The zero-order chi connectivity index (χ0) is 11.0. The number of amides is 1. The highest BCUT2D eigenvalue weighted by Crippen LogP contribution is 2.16. The molecule has 7 nitrogen and oxygen atoms in total. The highest BCUT2D eigenvalue weighted by Gasteiger charge is 2.22. The number of rotatable bonds is 2. The van der Waals surface area contributed by atoms with Crippen LogP contribution in [0.5, 0.6) is 0 Å². The Bertz CT molecular complexity index is 536. The molecular weight excluding hydrogens is 208 g/mol. The standard InChI is InChI=1S/C9H10N6O/c16-6-1-5(2-10-6)15-9-7-8(12-3-11-7)13-4-14-9/h3-5H,1-2H2,(H,10,16)(H2,11,12,13,14,15). The van der Waals surface area contributed by atoms with Gasteiger partial charge in [-0.1, -0.05) is 0 Å². The third-order valence-electron chi connectivity index (χ3n) is 2.54. The first-order valence-electron chi connectivity index (χ1n) is 5.00.